The summed E-state index contributed by atoms with van der Waals surface area (Å²) in [6.45, 7) is 13.2. The SMILES string of the molecule is COC(=O)C(C)C(c1cccc(O[Si](C)(C)C(C)(C)C)c1)C1CC1. The molecule has 0 bridgehead atoms. The van der Waals surface area contributed by atoms with Crippen LogP contribution in [0.3, 0.4) is 0 Å². The van der Waals surface area contributed by atoms with Gasteiger partial charge in [-0.25, -0.2) is 0 Å². The van der Waals surface area contributed by atoms with Gasteiger partial charge in [-0.1, -0.05) is 39.8 Å². The van der Waals surface area contributed by atoms with Crippen LogP contribution in [-0.2, 0) is 9.53 Å². The van der Waals surface area contributed by atoms with Gasteiger partial charge in [0.15, 0.2) is 0 Å². The van der Waals surface area contributed by atoms with Crippen LogP contribution in [0.25, 0.3) is 0 Å². The van der Waals surface area contributed by atoms with Gasteiger partial charge in [0.1, 0.15) is 5.75 Å². The predicted octanol–water partition coefficient (Wildman–Crippen LogP) is 5.37. The molecule has 0 aliphatic heterocycles. The van der Waals surface area contributed by atoms with Crippen molar-refractivity contribution in [3.8, 4) is 5.75 Å². The third-order valence-electron chi connectivity index (χ3n) is 5.66. The lowest BCUT2D eigenvalue weighted by atomic mass is 9.83. The monoisotopic (exact) mass is 348 g/mol. The molecular formula is C20H32O3Si. The highest BCUT2D eigenvalue weighted by molar-refractivity contribution is 6.74. The average Bonchev–Trinajstić information content (AvgIpc) is 3.30. The maximum atomic E-state index is 12.1. The Bertz CT molecular complexity index is 585. The molecule has 1 aromatic carbocycles. The van der Waals surface area contributed by atoms with E-state index in [1.807, 2.05) is 13.0 Å². The molecule has 4 heteroatoms. The maximum Gasteiger partial charge on any atom is 0.309 e. The van der Waals surface area contributed by atoms with Crippen LogP contribution in [0.1, 0.15) is 52.0 Å². The molecule has 0 aromatic heterocycles. The van der Waals surface area contributed by atoms with E-state index in [-0.39, 0.29) is 22.8 Å². The summed E-state index contributed by atoms with van der Waals surface area (Å²) >= 11 is 0. The van der Waals surface area contributed by atoms with Crippen molar-refractivity contribution in [1.29, 1.82) is 0 Å². The van der Waals surface area contributed by atoms with Crippen LogP contribution in [0.5, 0.6) is 5.75 Å². The second-order valence-electron chi connectivity index (χ2n) is 8.61. The molecule has 0 radical (unpaired) electrons. The molecular weight excluding hydrogens is 316 g/mol. The number of hydrogen-bond acceptors (Lipinski definition) is 3. The van der Waals surface area contributed by atoms with Crippen LogP contribution in [0, 0.1) is 11.8 Å². The minimum absolute atomic E-state index is 0.120. The predicted molar refractivity (Wildman–Crippen MR) is 101 cm³/mol. The van der Waals surface area contributed by atoms with E-state index in [2.05, 4.69) is 52.1 Å². The molecule has 134 valence electrons. The highest BCUT2D eigenvalue weighted by atomic mass is 28.4. The smallest absolute Gasteiger partial charge is 0.309 e. The molecule has 2 atom stereocenters. The van der Waals surface area contributed by atoms with Crippen LogP contribution >= 0.6 is 0 Å². The first-order chi connectivity index (χ1) is 11.1. The number of ether oxygens (including phenoxy) is 1. The first-order valence-electron chi connectivity index (χ1n) is 8.93. The van der Waals surface area contributed by atoms with Crippen molar-refractivity contribution in [2.75, 3.05) is 7.11 Å². The van der Waals surface area contributed by atoms with Crippen LogP contribution < -0.4 is 4.43 Å². The van der Waals surface area contributed by atoms with Crippen molar-refractivity contribution < 1.29 is 14.0 Å². The van der Waals surface area contributed by atoms with Gasteiger partial charge in [0.25, 0.3) is 0 Å². The summed E-state index contributed by atoms with van der Waals surface area (Å²) in [5.41, 5.74) is 1.20. The Hall–Kier alpha value is -1.29. The van der Waals surface area contributed by atoms with E-state index in [1.165, 1.54) is 25.5 Å². The minimum Gasteiger partial charge on any atom is -0.543 e. The summed E-state index contributed by atoms with van der Waals surface area (Å²) < 4.78 is 11.4. The van der Waals surface area contributed by atoms with Gasteiger partial charge < -0.3 is 9.16 Å². The summed E-state index contributed by atoms with van der Waals surface area (Å²) in [5, 5.41) is 0.165. The highest BCUT2D eigenvalue weighted by Crippen LogP contribution is 2.47. The van der Waals surface area contributed by atoms with Gasteiger partial charge in [0.2, 0.25) is 8.32 Å². The molecule has 3 nitrogen and oxygen atoms in total. The van der Waals surface area contributed by atoms with Crippen molar-refractivity contribution in [2.45, 2.75) is 64.6 Å². The van der Waals surface area contributed by atoms with Gasteiger partial charge in [-0.15, -0.1) is 0 Å². The topological polar surface area (TPSA) is 35.5 Å². The number of rotatable bonds is 6. The molecule has 1 fully saturated rings. The van der Waals surface area contributed by atoms with Gasteiger partial charge in [-0.05, 0) is 60.5 Å². The van der Waals surface area contributed by atoms with Crippen molar-refractivity contribution in [3.05, 3.63) is 29.8 Å². The van der Waals surface area contributed by atoms with Crippen molar-refractivity contribution in [1.82, 2.24) is 0 Å². The molecule has 2 unspecified atom stereocenters. The summed E-state index contributed by atoms with van der Waals surface area (Å²) in [6, 6.07) is 8.36. The molecule has 1 aromatic rings. The lowest BCUT2D eigenvalue weighted by Gasteiger charge is -2.36. The Kier molecular flexibility index (Phi) is 5.48. The number of carbonyl (C=O) groups is 1. The third-order valence-corrected chi connectivity index (χ3v) is 10.0. The molecule has 0 amide bonds. The zero-order valence-corrected chi connectivity index (χ0v) is 17.2. The standard InChI is InChI=1S/C20H32O3Si/c1-14(19(21)22-5)18(15-11-12-15)16-9-8-10-17(13-16)23-24(6,7)20(2,3)4/h8-10,13-15,18H,11-12H2,1-7H3. The Morgan fingerprint density at radius 3 is 2.38 bits per heavy atom. The summed E-state index contributed by atoms with van der Waals surface area (Å²) in [7, 11) is -0.391. The normalized spacial score (nSPS) is 18.0. The summed E-state index contributed by atoms with van der Waals surface area (Å²) in [6.07, 6.45) is 2.39. The number of methoxy groups -OCH3 is 1. The minimum atomic E-state index is -1.86. The maximum absolute atomic E-state index is 12.1. The van der Waals surface area contributed by atoms with E-state index in [1.54, 1.807) is 0 Å². The molecule has 24 heavy (non-hydrogen) atoms. The van der Waals surface area contributed by atoms with Gasteiger partial charge in [-0.3, -0.25) is 4.79 Å². The third kappa shape index (κ3) is 4.21. The Labute approximate surface area is 147 Å². The lowest BCUT2D eigenvalue weighted by molar-refractivity contribution is -0.145. The van der Waals surface area contributed by atoms with Crippen LogP contribution in [0.15, 0.2) is 24.3 Å². The molecule has 1 saturated carbocycles. The van der Waals surface area contributed by atoms with Crippen LogP contribution in [0.2, 0.25) is 18.1 Å². The van der Waals surface area contributed by atoms with E-state index in [9.17, 15) is 4.79 Å². The fourth-order valence-electron chi connectivity index (χ4n) is 2.99. The molecule has 0 saturated heterocycles. The molecule has 1 aliphatic rings. The van der Waals surface area contributed by atoms with E-state index >= 15 is 0 Å². The molecule has 0 heterocycles. The van der Waals surface area contributed by atoms with Crippen molar-refractivity contribution in [3.63, 3.8) is 0 Å². The van der Waals surface area contributed by atoms with Crippen molar-refractivity contribution >= 4 is 14.3 Å². The quantitative estimate of drug-likeness (QED) is 0.512. The van der Waals surface area contributed by atoms with Gasteiger partial charge in [-0.2, -0.15) is 0 Å². The zero-order chi connectivity index (χ0) is 18.1. The van der Waals surface area contributed by atoms with Gasteiger partial charge >= 0.3 is 5.97 Å². The van der Waals surface area contributed by atoms with E-state index in [4.69, 9.17) is 9.16 Å². The Balaban J connectivity index is 2.26. The molecule has 2 rings (SSSR count). The zero-order valence-electron chi connectivity index (χ0n) is 16.2. The van der Waals surface area contributed by atoms with Gasteiger partial charge in [0.05, 0.1) is 13.0 Å². The largest absolute Gasteiger partial charge is 0.543 e. The summed E-state index contributed by atoms with van der Waals surface area (Å²) in [4.78, 5) is 12.1. The highest BCUT2D eigenvalue weighted by Gasteiger charge is 2.41. The Morgan fingerprint density at radius 2 is 1.88 bits per heavy atom. The number of hydrogen-bond donors (Lipinski definition) is 0. The van der Waals surface area contributed by atoms with E-state index in [0.29, 0.717) is 5.92 Å². The second kappa shape index (κ2) is 6.91. The number of benzene rings is 1. The van der Waals surface area contributed by atoms with E-state index < -0.39 is 8.32 Å². The number of carbonyl (C=O) groups excluding carboxylic acids is 1. The molecule has 0 spiro atoms. The number of esters is 1. The lowest BCUT2D eigenvalue weighted by Crippen LogP contribution is -2.43. The second-order valence-corrected chi connectivity index (χ2v) is 13.3. The van der Waals surface area contributed by atoms with Crippen molar-refractivity contribution in [2.24, 2.45) is 11.8 Å². The first-order valence-corrected chi connectivity index (χ1v) is 11.8. The van der Waals surface area contributed by atoms with Gasteiger partial charge in [0, 0.05) is 0 Å². The Morgan fingerprint density at radius 1 is 1.25 bits per heavy atom. The average molecular weight is 349 g/mol. The molecule has 0 N–H and O–H groups in total. The van der Waals surface area contributed by atoms with Crippen LogP contribution in [0.4, 0.5) is 0 Å². The first kappa shape index (κ1) is 19.0. The van der Waals surface area contributed by atoms with Crippen LogP contribution in [-0.4, -0.2) is 21.4 Å². The fraction of sp³-hybridized carbons (Fsp3) is 0.650. The molecule has 1 aliphatic carbocycles. The fourth-order valence-corrected chi connectivity index (χ4v) is 4.01. The summed E-state index contributed by atoms with van der Waals surface area (Å²) in [5.74, 6) is 1.50. The van der Waals surface area contributed by atoms with E-state index in [0.717, 1.165) is 5.75 Å².